The highest BCUT2D eigenvalue weighted by molar-refractivity contribution is 7.84. The summed E-state index contributed by atoms with van der Waals surface area (Å²) in [5, 5.41) is 0. The fourth-order valence-corrected chi connectivity index (χ4v) is 3.89. The molecule has 102 valence electrons. The third-order valence-electron chi connectivity index (χ3n) is 3.80. The van der Waals surface area contributed by atoms with Crippen LogP contribution in [0.4, 0.5) is 0 Å². The van der Waals surface area contributed by atoms with E-state index >= 15 is 0 Å². The van der Waals surface area contributed by atoms with E-state index in [2.05, 4.69) is 0 Å². The molecule has 0 bridgehead atoms. The van der Waals surface area contributed by atoms with Gasteiger partial charge in [-0.1, -0.05) is 30.3 Å². The Morgan fingerprint density at radius 1 is 1.32 bits per heavy atom. The van der Waals surface area contributed by atoms with E-state index in [1.807, 2.05) is 0 Å². The smallest absolute Gasteiger partial charge is 0.362 e. The highest BCUT2D eigenvalue weighted by atomic mass is 32.2. The maximum atomic E-state index is 12.1. The molecule has 0 aliphatic carbocycles. The van der Waals surface area contributed by atoms with Gasteiger partial charge in [0.05, 0.1) is 12.6 Å². The lowest BCUT2D eigenvalue weighted by atomic mass is 9.69. The minimum Gasteiger partial charge on any atom is -0.380 e. The topological polar surface area (TPSA) is 83.9 Å². The van der Waals surface area contributed by atoms with E-state index in [1.54, 1.807) is 30.3 Å². The fraction of sp³-hybridized carbons (Fsp3) is 0.417. The molecule has 1 aromatic rings. The van der Waals surface area contributed by atoms with E-state index < -0.39 is 27.7 Å². The molecular weight excluding hydrogens is 270 g/mol. The minimum atomic E-state index is -4.55. The van der Waals surface area contributed by atoms with Gasteiger partial charge in [0.15, 0.2) is 0 Å². The summed E-state index contributed by atoms with van der Waals surface area (Å²) < 4.78 is 37.8. The van der Waals surface area contributed by atoms with Crippen molar-refractivity contribution in [1.82, 2.24) is 4.31 Å². The van der Waals surface area contributed by atoms with Crippen LogP contribution in [-0.4, -0.2) is 36.4 Å². The summed E-state index contributed by atoms with van der Waals surface area (Å²) in [6.45, 7) is 0.617. The number of carbonyl (C=O) groups excluding carboxylic acids is 1. The first-order valence-electron chi connectivity index (χ1n) is 5.91. The zero-order valence-corrected chi connectivity index (χ0v) is 10.8. The molecule has 2 heterocycles. The van der Waals surface area contributed by atoms with Crippen LogP contribution in [0.1, 0.15) is 18.0 Å². The molecule has 0 saturated carbocycles. The molecule has 1 aromatic carbocycles. The Labute approximate surface area is 110 Å². The Morgan fingerprint density at radius 2 is 2.00 bits per heavy atom. The predicted octanol–water partition coefficient (Wildman–Crippen LogP) is 0.779. The van der Waals surface area contributed by atoms with Gasteiger partial charge in [-0.15, -0.1) is 0 Å². The van der Waals surface area contributed by atoms with E-state index in [0.29, 0.717) is 22.9 Å². The van der Waals surface area contributed by atoms with Crippen molar-refractivity contribution in [2.75, 3.05) is 13.2 Å². The zero-order valence-electron chi connectivity index (χ0n) is 10.0. The lowest BCUT2D eigenvalue weighted by molar-refractivity contribution is -0.161. The van der Waals surface area contributed by atoms with Crippen LogP contribution in [0.15, 0.2) is 30.3 Å². The predicted molar refractivity (Wildman–Crippen MR) is 65.4 cm³/mol. The molecule has 6 nitrogen and oxygen atoms in total. The van der Waals surface area contributed by atoms with Crippen molar-refractivity contribution in [1.29, 1.82) is 0 Å². The molecule has 2 aliphatic heterocycles. The fourth-order valence-electron chi connectivity index (χ4n) is 2.90. The maximum absolute atomic E-state index is 12.1. The minimum absolute atomic E-state index is 0.192. The van der Waals surface area contributed by atoms with Gasteiger partial charge in [-0.25, -0.2) is 4.31 Å². The second kappa shape index (κ2) is 4.03. The first kappa shape index (κ1) is 12.6. The van der Waals surface area contributed by atoms with Crippen molar-refractivity contribution >= 4 is 16.2 Å². The number of carbonyl (C=O) groups is 1. The van der Waals surface area contributed by atoms with Crippen molar-refractivity contribution in [2.24, 2.45) is 5.41 Å². The number of ether oxygens (including phenoxy) is 1. The quantitative estimate of drug-likeness (QED) is 0.640. The van der Waals surface area contributed by atoms with Gasteiger partial charge in [0, 0.05) is 6.61 Å². The van der Waals surface area contributed by atoms with E-state index in [9.17, 15) is 17.8 Å². The van der Waals surface area contributed by atoms with Crippen molar-refractivity contribution in [3.05, 3.63) is 35.9 Å². The lowest BCUT2D eigenvalue weighted by Crippen LogP contribution is -2.65. The van der Waals surface area contributed by atoms with E-state index in [4.69, 9.17) is 4.74 Å². The van der Waals surface area contributed by atoms with Gasteiger partial charge in [0.1, 0.15) is 5.41 Å². The first-order chi connectivity index (χ1) is 8.97. The van der Waals surface area contributed by atoms with Crippen LogP contribution in [0.2, 0.25) is 0 Å². The molecule has 1 amide bonds. The van der Waals surface area contributed by atoms with E-state index in [1.165, 1.54) is 0 Å². The van der Waals surface area contributed by atoms with Crippen molar-refractivity contribution < 1.29 is 22.5 Å². The van der Waals surface area contributed by atoms with Crippen LogP contribution in [0.3, 0.4) is 0 Å². The molecule has 2 aliphatic rings. The molecule has 2 saturated heterocycles. The Bertz CT molecular complexity index is 606. The third kappa shape index (κ3) is 1.69. The van der Waals surface area contributed by atoms with Gasteiger partial charge >= 0.3 is 10.3 Å². The summed E-state index contributed by atoms with van der Waals surface area (Å²) in [6, 6.07) is 8.15. The molecule has 2 atom stereocenters. The molecule has 0 radical (unpaired) electrons. The third-order valence-corrected chi connectivity index (χ3v) is 4.67. The van der Waals surface area contributed by atoms with Gasteiger partial charge < -0.3 is 4.74 Å². The van der Waals surface area contributed by atoms with E-state index in [0.717, 1.165) is 0 Å². The summed E-state index contributed by atoms with van der Waals surface area (Å²) in [5.74, 6) is -0.582. The molecule has 3 rings (SSSR count). The van der Waals surface area contributed by atoms with E-state index in [-0.39, 0.29) is 6.61 Å². The summed E-state index contributed by atoms with van der Waals surface area (Å²) >= 11 is 0. The van der Waals surface area contributed by atoms with Gasteiger partial charge in [-0.2, -0.15) is 8.42 Å². The summed E-state index contributed by atoms with van der Waals surface area (Å²) in [5.41, 5.74) is -0.165. The van der Waals surface area contributed by atoms with Gasteiger partial charge in [0.2, 0.25) is 5.91 Å². The number of benzene rings is 1. The highest BCUT2D eigenvalue weighted by Gasteiger charge is 2.66. The van der Waals surface area contributed by atoms with Crippen LogP contribution in [0.25, 0.3) is 0 Å². The molecule has 2 fully saturated rings. The number of β-lactam (4-membered cyclic amide) rings is 1. The average molecular weight is 283 g/mol. The monoisotopic (exact) mass is 283 g/mol. The van der Waals surface area contributed by atoms with Crippen molar-refractivity contribution in [3.63, 3.8) is 0 Å². The molecule has 1 spiro atoms. The molecule has 19 heavy (non-hydrogen) atoms. The summed E-state index contributed by atoms with van der Waals surface area (Å²) in [7, 11) is -4.55. The zero-order chi connectivity index (χ0) is 13.7. The summed E-state index contributed by atoms with van der Waals surface area (Å²) in [4.78, 5) is 12.1. The van der Waals surface area contributed by atoms with Crippen LogP contribution >= 0.6 is 0 Å². The number of hydrogen-bond donors (Lipinski definition) is 1. The summed E-state index contributed by atoms with van der Waals surface area (Å²) in [6.07, 6.45) is 0.470. The van der Waals surface area contributed by atoms with Crippen LogP contribution in [-0.2, 0) is 19.8 Å². The van der Waals surface area contributed by atoms with Gasteiger partial charge in [0.25, 0.3) is 0 Å². The standard InChI is InChI=1S/C12H13NO5S/c14-11-12(6-7-18-8-12)10(13(11)19(15,16)17)9-4-2-1-3-5-9/h1-5,10H,6-8H2,(H,15,16,17)/t10-,12+/m1/s1. The molecule has 1 N–H and O–H groups in total. The number of hydrogen-bond acceptors (Lipinski definition) is 4. The Kier molecular flexibility index (Phi) is 2.67. The number of nitrogens with zero attached hydrogens (tertiary/aromatic N) is 1. The first-order valence-corrected chi connectivity index (χ1v) is 7.30. The molecule has 7 heteroatoms. The lowest BCUT2D eigenvalue weighted by Gasteiger charge is -2.51. The second-order valence-electron chi connectivity index (χ2n) is 4.85. The largest absolute Gasteiger partial charge is 0.380 e. The SMILES string of the molecule is O=C1N(S(=O)(=O)O)[C@H](c2ccccc2)[C@@]12CCOC2. The molecule has 0 unspecified atom stereocenters. The highest BCUT2D eigenvalue weighted by Crippen LogP contribution is 2.55. The normalized spacial score (nSPS) is 30.7. The van der Waals surface area contributed by atoms with Crippen LogP contribution in [0, 0.1) is 5.41 Å². The van der Waals surface area contributed by atoms with Crippen LogP contribution < -0.4 is 0 Å². The van der Waals surface area contributed by atoms with Gasteiger partial charge in [-0.3, -0.25) is 9.35 Å². The van der Waals surface area contributed by atoms with Crippen molar-refractivity contribution in [2.45, 2.75) is 12.5 Å². The number of rotatable bonds is 2. The van der Waals surface area contributed by atoms with Crippen LogP contribution in [0.5, 0.6) is 0 Å². The number of amides is 1. The Balaban J connectivity index is 2.08. The Morgan fingerprint density at radius 3 is 2.53 bits per heavy atom. The molecular formula is C12H13NO5S. The van der Waals surface area contributed by atoms with Gasteiger partial charge in [-0.05, 0) is 12.0 Å². The maximum Gasteiger partial charge on any atom is 0.362 e. The average Bonchev–Trinajstić information content (AvgIpc) is 2.86. The Hall–Kier alpha value is -1.44. The second-order valence-corrected chi connectivity index (χ2v) is 6.14. The molecule has 0 aromatic heterocycles. The van der Waals surface area contributed by atoms with Crippen molar-refractivity contribution in [3.8, 4) is 0 Å².